The molecule has 48 heavy (non-hydrogen) atoms. The number of ether oxygens (including phenoxy) is 2. The van der Waals surface area contributed by atoms with E-state index in [-0.39, 0.29) is 67.6 Å². The van der Waals surface area contributed by atoms with Crippen molar-refractivity contribution in [2.45, 2.75) is 99.3 Å². The van der Waals surface area contributed by atoms with E-state index in [4.69, 9.17) is 14.6 Å². The first-order valence-corrected chi connectivity index (χ1v) is 20.1. The minimum atomic E-state index is -3.41. The molecule has 2 fully saturated rings. The van der Waals surface area contributed by atoms with E-state index in [0.717, 1.165) is 0 Å². The lowest BCUT2D eigenvalue weighted by Crippen LogP contribution is -2.29. The summed E-state index contributed by atoms with van der Waals surface area (Å²) in [5.41, 5.74) is 0. The van der Waals surface area contributed by atoms with Crippen molar-refractivity contribution >= 4 is 19.7 Å². The highest BCUT2D eigenvalue weighted by molar-refractivity contribution is 7.91. The Labute approximate surface area is 289 Å². The fraction of sp³-hybridized carbons (Fsp3) is 0.568. The van der Waals surface area contributed by atoms with Gasteiger partial charge in [0, 0.05) is 19.7 Å². The Hall–Kier alpha value is -2.38. The Morgan fingerprint density at radius 3 is 1.42 bits per heavy atom. The van der Waals surface area contributed by atoms with E-state index in [1.165, 1.54) is 0 Å². The minimum absolute atomic E-state index is 0. The van der Waals surface area contributed by atoms with E-state index in [1.54, 1.807) is 66.7 Å². The minimum Gasteiger partial charge on any atom is -0.394 e. The van der Waals surface area contributed by atoms with Crippen molar-refractivity contribution in [3.8, 4) is 0 Å². The third-order valence-corrected chi connectivity index (χ3v) is 13.3. The normalized spacial score (nSPS) is 28.6. The van der Waals surface area contributed by atoms with Gasteiger partial charge in [-0.2, -0.15) is 0 Å². The summed E-state index contributed by atoms with van der Waals surface area (Å²) >= 11 is 0. The molecule has 0 aliphatic carbocycles. The van der Waals surface area contributed by atoms with Crippen molar-refractivity contribution in [1.29, 1.82) is 0 Å². The number of hydrogen-bond acceptors (Lipinski definition) is 9. The van der Waals surface area contributed by atoms with Gasteiger partial charge in [0.15, 0.2) is 19.7 Å². The van der Waals surface area contributed by atoms with Crippen molar-refractivity contribution in [3.63, 3.8) is 0 Å². The van der Waals surface area contributed by atoms with Crippen molar-refractivity contribution < 1.29 is 43.1 Å². The average Bonchev–Trinajstić information content (AvgIpc) is 3.51. The van der Waals surface area contributed by atoms with Gasteiger partial charge in [-0.3, -0.25) is 0 Å². The van der Waals surface area contributed by atoms with Gasteiger partial charge in [-0.1, -0.05) is 69.3 Å². The van der Waals surface area contributed by atoms with Gasteiger partial charge in [0.2, 0.25) is 0 Å². The standard InChI is InChI=1S/C19H28O4S.C18H26O5S.H2/c1-4-9-18-17(14(3)19(23-18)12-15(20)5-2)13-24(21,22)16-10-7-6-8-11-16;1-3-7-17-16(13(2)18(23-17)10-14(20)11-19)12-24(21,22)15-8-5-4-6-9-15;/h4,6-8,10-11,14-15,17-20H,1,5,9,12-13H2,2-3H3;3-6,8-9,13-14,16-20H,1,7,10-12H2,2H3;1H/t14-,15-,17-,18+,19?;13-,14+,16-,17+,18?;/m11./s1/i;;1+1. The third kappa shape index (κ3) is 10.8. The average molecular weight is 710 g/mol. The van der Waals surface area contributed by atoms with Crippen LogP contribution in [0.15, 0.2) is 95.8 Å². The molecule has 2 aliphatic rings. The lowest BCUT2D eigenvalue weighted by atomic mass is 9.87. The summed E-state index contributed by atoms with van der Waals surface area (Å²) in [5.74, 6) is -0.159. The van der Waals surface area contributed by atoms with Crippen LogP contribution < -0.4 is 0 Å². The highest BCUT2D eigenvalue weighted by Gasteiger charge is 2.45. The largest absolute Gasteiger partial charge is 0.394 e. The first kappa shape index (κ1) is 40.1. The molecule has 0 radical (unpaired) electrons. The first-order chi connectivity index (χ1) is 22.8. The van der Waals surface area contributed by atoms with Gasteiger partial charge in [0.25, 0.3) is 0 Å². The van der Waals surface area contributed by atoms with Crippen LogP contribution in [0, 0.1) is 23.7 Å². The van der Waals surface area contributed by atoms with Gasteiger partial charge < -0.3 is 24.8 Å². The molecule has 0 bridgehead atoms. The Morgan fingerprint density at radius 1 is 0.708 bits per heavy atom. The number of rotatable bonds is 16. The highest BCUT2D eigenvalue weighted by atomic mass is 32.2. The number of benzene rings is 2. The van der Waals surface area contributed by atoms with Crippen molar-refractivity contribution in [2.75, 3.05) is 18.1 Å². The molecule has 2 aromatic rings. The van der Waals surface area contributed by atoms with Crippen molar-refractivity contribution in [3.05, 3.63) is 86.0 Å². The molecule has 2 saturated heterocycles. The lowest BCUT2D eigenvalue weighted by Gasteiger charge is -2.21. The monoisotopic (exact) mass is 709 g/mol. The van der Waals surface area contributed by atoms with Crippen LogP contribution in [0.25, 0.3) is 0 Å². The zero-order valence-corrected chi connectivity index (χ0v) is 30.0. The molecule has 4 rings (SSSR count). The van der Waals surface area contributed by atoms with Crippen LogP contribution in [0.5, 0.6) is 0 Å². The van der Waals surface area contributed by atoms with Crippen LogP contribution in [-0.2, 0) is 29.1 Å². The fourth-order valence-electron chi connectivity index (χ4n) is 6.71. The quantitative estimate of drug-likeness (QED) is 0.199. The van der Waals surface area contributed by atoms with Gasteiger partial charge in [-0.15, -0.1) is 13.2 Å². The van der Waals surface area contributed by atoms with E-state index < -0.39 is 31.9 Å². The summed E-state index contributed by atoms with van der Waals surface area (Å²) in [6, 6.07) is 17.0. The molecule has 0 spiro atoms. The second-order valence-electron chi connectivity index (χ2n) is 13.1. The molecule has 10 atom stereocenters. The van der Waals surface area contributed by atoms with Gasteiger partial charge >= 0.3 is 0 Å². The van der Waals surface area contributed by atoms with E-state index in [2.05, 4.69) is 13.2 Å². The zero-order valence-electron chi connectivity index (χ0n) is 28.4. The summed E-state index contributed by atoms with van der Waals surface area (Å²) < 4.78 is 62.9. The number of hydrogen-bond donors (Lipinski definition) is 3. The third-order valence-electron chi connectivity index (χ3n) is 9.69. The summed E-state index contributed by atoms with van der Waals surface area (Å²) in [7, 11) is -6.77. The first-order valence-electron chi connectivity index (χ1n) is 16.8. The predicted octanol–water partition coefficient (Wildman–Crippen LogP) is 5.26. The maximum absolute atomic E-state index is 12.7. The number of sulfone groups is 2. The second-order valence-corrected chi connectivity index (χ2v) is 17.1. The van der Waals surface area contributed by atoms with E-state index in [0.29, 0.717) is 41.9 Å². The maximum Gasteiger partial charge on any atom is 0.178 e. The molecule has 3 N–H and O–H groups in total. The molecule has 0 saturated carbocycles. The van der Waals surface area contributed by atoms with E-state index >= 15 is 0 Å². The van der Waals surface area contributed by atoms with Crippen LogP contribution in [0.1, 0.15) is 54.3 Å². The van der Waals surface area contributed by atoms with Gasteiger partial charge in [0.05, 0.1) is 64.5 Å². The Bertz CT molecular complexity index is 1370. The molecule has 2 heterocycles. The van der Waals surface area contributed by atoms with Crippen molar-refractivity contribution in [2.24, 2.45) is 23.7 Å². The molecular formula is C37H56O9S2. The summed E-state index contributed by atoms with van der Waals surface area (Å²) in [4.78, 5) is 0.667. The van der Waals surface area contributed by atoms with Gasteiger partial charge in [-0.05, 0) is 61.8 Å². The van der Waals surface area contributed by atoms with Crippen LogP contribution in [0.4, 0.5) is 0 Å². The topological polar surface area (TPSA) is 147 Å². The smallest absolute Gasteiger partial charge is 0.178 e. The SMILES string of the molecule is C=CC[C@@H]1OC(C[C@H](O)CC)[C@H](C)[C@H]1CS(=O)(=O)c1ccccc1.C=CC[C@@H]1OC(C[C@H](O)CO)[C@H](C)[C@H]1CS(=O)(=O)c1ccccc1.[2HH]. The predicted molar refractivity (Wildman–Crippen MR) is 190 cm³/mol. The zero-order chi connectivity index (χ0) is 35.5. The highest BCUT2D eigenvalue weighted by Crippen LogP contribution is 2.39. The Balaban J connectivity index is 0.000000333. The van der Waals surface area contributed by atoms with Gasteiger partial charge in [-0.25, -0.2) is 16.8 Å². The van der Waals surface area contributed by atoms with Gasteiger partial charge in [0.1, 0.15) is 0 Å². The summed E-state index contributed by atoms with van der Waals surface area (Å²) in [5, 5.41) is 28.6. The number of aliphatic hydroxyl groups excluding tert-OH is 3. The molecule has 2 unspecified atom stereocenters. The fourth-order valence-corrected chi connectivity index (χ4v) is 10.3. The van der Waals surface area contributed by atoms with Crippen LogP contribution in [0.2, 0.25) is 0 Å². The Morgan fingerprint density at radius 2 is 1.08 bits per heavy atom. The van der Waals surface area contributed by atoms with E-state index in [1.807, 2.05) is 26.8 Å². The van der Waals surface area contributed by atoms with E-state index in [9.17, 15) is 27.0 Å². The molecule has 270 valence electrons. The van der Waals surface area contributed by atoms with Crippen LogP contribution >= 0.6 is 0 Å². The molecular weight excluding hydrogens is 653 g/mol. The summed E-state index contributed by atoms with van der Waals surface area (Å²) in [6.07, 6.45) is 4.15. The molecule has 0 aromatic heterocycles. The molecule has 9 nitrogen and oxygen atoms in total. The maximum atomic E-state index is 12.7. The van der Waals surface area contributed by atoms with Crippen LogP contribution in [0.3, 0.4) is 0 Å². The lowest BCUT2D eigenvalue weighted by molar-refractivity contribution is -0.0111. The molecule has 0 amide bonds. The molecule has 2 aliphatic heterocycles. The second kappa shape index (κ2) is 18.6. The molecule has 2 aromatic carbocycles. The van der Waals surface area contributed by atoms with Crippen LogP contribution in [-0.4, -0.2) is 86.9 Å². The number of aliphatic hydroxyl groups is 3. The van der Waals surface area contributed by atoms with Crippen molar-refractivity contribution in [1.82, 2.24) is 0 Å². The Kier molecular flexibility index (Phi) is 15.5. The summed E-state index contributed by atoms with van der Waals surface area (Å²) in [6.45, 7) is 13.1. The molecule has 11 heteroatoms.